The number of rotatable bonds is 7. The van der Waals surface area contributed by atoms with Crippen LogP contribution in [0.5, 0.6) is 17.2 Å². The van der Waals surface area contributed by atoms with Crippen LogP contribution in [0.15, 0.2) is 42.6 Å². The van der Waals surface area contributed by atoms with Gasteiger partial charge in [0.25, 0.3) is 5.91 Å². The normalized spacial score (nSPS) is 15.1. The van der Waals surface area contributed by atoms with Gasteiger partial charge in [-0.2, -0.15) is 13.9 Å². The Kier molecular flexibility index (Phi) is 5.66. The molecule has 0 saturated heterocycles. The van der Waals surface area contributed by atoms with Crippen molar-refractivity contribution in [2.45, 2.75) is 45.8 Å². The monoisotopic (exact) mass is 445 g/mol. The summed E-state index contributed by atoms with van der Waals surface area (Å²) in [6, 6.07) is 10.5. The molecular formula is C23H25F2N3O4. The molecule has 2 aromatic carbocycles. The van der Waals surface area contributed by atoms with Crippen molar-refractivity contribution in [2.75, 3.05) is 6.79 Å². The molecule has 1 aliphatic heterocycles. The van der Waals surface area contributed by atoms with Crippen LogP contribution in [-0.4, -0.2) is 40.5 Å². The maximum atomic E-state index is 13.3. The highest BCUT2D eigenvalue weighted by molar-refractivity contribution is 5.83. The van der Waals surface area contributed by atoms with Gasteiger partial charge in [-0.25, -0.2) is 4.68 Å². The van der Waals surface area contributed by atoms with E-state index in [9.17, 15) is 13.6 Å². The average molecular weight is 445 g/mol. The highest BCUT2D eigenvalue weighted by Crippen LogP contribution is 2.34. The molecule has 0 radical (unpaired) electrons. The maximum absolute atomic E-state index is 13.3. The van der Waals surface area contributed by atoms with E-state index in [0.717, 1.165) is 16.6 Å². The number of benzene rings is 2. The second-order valence-corrected chi connectivity index (χ2v) is 8.27. The van der Waals surface area contributed by atoms with Crippen molar-refractivity contribution >= 4 is 16.8 Å². The Labute approximate surface area is 184 Å². The summed E-state index contributed by atoms with van der Waals surface area (Å²) in [7, 11) is 0. The molecular weight excluding hydrogens is 420 g/mol. The van der Waals surface area contributed by atoms with E-state index in [1.165, 1.54) is 0 Å². The van der Waals surface area contributed by atoms with E-state index in [1.54, 1.807) is 23.9 Å². The lowest BCUT2D eigenvalue weighted by molar-refractivity contribution is -0.144. The zero-order valence-corrected chi connectivity index (χ0v) is 18.3. The van der Waals surface area contributed by atoms with Gasteiger partial charge in [-0.3, -0.25) is 4.79 Å². The molecule has 1 aliphatic rings. The number of aromatic nitrogens is 2. The number of fused-ring (bicyclic) bond motifs is 2. The van der Waals surface area contributed by atoms with Gasteiger partial charge >= 0.3 is 5.92 Å². The number of carbonyl (C=O) groups excluding carboxylic acids is 1. The second-order valence-electron chi connectivity index (χ2n) is 8.27. The van der Waals surface area contributed by atoms with Gasteiger partial charge in [-0.1, -0.05) is 13.8 Å². The highest BCUT2D eigenvalue weighted by Gasteiger charge is 2.36. The molecule has 9 heteroatoms. The zero-order valence-electron chi connectivity index (χ0n) is 18.3. The van der Waals surface area contributed by atoms with Crippen LogP contribution in [0.3, 0.4) is 0 Å². The van der Waals surface area contributed by atoms with Crippen molar-refractivity contribution in [1.29, 1.82) is 0 Å². The van der Waals surface area contributed by atoms with Crippen molar-refractivity contribution in [1.82, 2.24) is 15.1 Å². The Morgan fingerprint density at radius 1 is 1.16 bits per heavy atom. The molecule has 1 N–H and O–H groups in total. The van der Waals surface area contributed by atoms with E-state index in [0.29, 0.717) is 24.2 Å². The summed E-state index contributed by atoms with van der Waals surface area (Å²) < 4.78 is 45.3. The predicted octanol–water partition coefficient (Wildman–Crippen LogP) is 4.32. The summed E-state index contributed by atoms with van der Waals surface area (Å²) in [4.78, 5) is 11.8. The summed E-state index contributed by atoms with van der Waals surface area (Å²) in [5, 5.41) is 7.72. The number of hydrogen-bond donors (Lipinski definition) is 1. The molecule has 170 valence electrons. The van der Waals surface area contributed by atoms with Crippen molar-refractivity contribution in [3.05, 3.63) is 42.6 Å². The molecule has 32 heavy (non-hydrogen) atoms. The number of ether oxygens (including phenoxy) is 3. The Hall–Kier alpha value is -3.36. The number of nitrogens with zero attached hydrogens (tertiary/aromatic N) is 2. The predicted molar refractivity (Wildman–Crippen MR) is 115 cm³/mol. The standard InChI is InChI=1S/C23H25F2N3O4/c1-13(2)21(27-22(29)23(4,24)25)14(3)32-17-6-7-18-15(9-17)11-26-28(18)16-5-8-19-20(10-16)31-12-30-19/h5-11,13-14,21H,12H2,1-4H3,(H,27,29)/t14-,21+/m1/s1. The lowest BCUT2D eigenvalue weighted by atomic mass is 9.99. The number of hydrogen-bond acceptors (Lipinski definition) is 5. The van der Waals surface area contributed by atoms with Crippen LogP contribution in [0.25, 0.3) is 16.6 Å². The van der Waals surface area contributed by atoms with Crippen LogP contribution < -0.4 is 19.5 Å². The smallest absolute Gasteiger partial charge is 0.321 e. The van der Waals surface area contributed by atoms with Crippen LogP contribution in [-0.2, 0) is 4.79 Å². The number of carbonyl (C=O) groups is 1. The first-order valence-corrected chi connectivity index (χ1v) is 10.4. The van der Waals surface area contributed by atoms with E-state index in [4.69, 9.17) is 14.2 Å². The fourth-order valence-corrected chi connectivity index (χ4v) is 3.70. The third-order valence-corrected chi connectivity index (χ3v) is 5.38. The Morgan fingerprint density at radius 2 is 1.91 bits per heavy atom. The third-order valence-electron chi connectivity index (χ3n) is 5.38. The molecule has 7 nitrogen and oxygen atoms in total. The molecule has 0 aliphatic carbocycles. The fraction of sp³-hybridized carbons (Fsp3) is 0.391. The number of alkyl halides is 2. The van der Waals surface area contributed by atoms with E-state index >= 15 is 0 Å². The number of halogens is 2. The van der Waals surface area contributed by atoms with E-state index < -0.39 is 24.0 Å². The van der Waals surface area contributed by atoms with Gasteiger partial charge in [0, 0.05) is 18.4 Å². The fourth-order valence-electron chi connectivity index (χ4n) is 3.70. The lowest BCUT2D eigenvalue weighted by Crippen LogP contribution is -2.52. The van der Waals surface area contributed by atoms with Crippen LogP contribution in [0.4, 0.5) is 8.78 Å². The largest absolute Gasteiger partial charge is 0.489 e. The summed E-state index contributed by atoms with van der Waals surface area (Å²) in [5.74, 6) is -2.95. The minimum atomic E-state index is -3.45. The van der Waals surface area contributed by atoms with E-state index in [2.05, 4.69) is 10.4 Å². The molecule has 2 heterocycles. The SMILES string of the molecule is CC(C)[C@H](NC(=O)C(C)(F)F)[C@@H](C)Oc1ccc2c(cnn2-c2ccc3c(c2)OCO3)c1. The van der Waals surface area contributed by atoms with Gasteiger partial charge in [0.05, 0.1) is 23.4 Å². The van der Waals surface area contributed by atoms with Gasteiger partial charge in [0.15, 0.2) is 11.5 Å². The topological polar surface area (TPSA) is 74.6 Å². The first-order valence-electron chi connectivity index (χ1n) is 10.4. The average Bonchev–Trinajstić information content (AvgIpc) is 3.36. The van der Waals surface area contributed by atoms with Gasteiger partial charge in [-0.05, 0) is 43.2 Å². The lowest BCUT2D eigenvalue weighted by Gasteiger charge is -2.30. The molecule has 2 atom stereocenters. The number of amides is 1. The van der Waals surface area contributed by atoms with Crippen LogP contribution in [0.2, 0.25) is 0 Å². The van der Waals surface area contributed by atoms with Crippen molar-refractivity contribution < 1.29 is 27.8 Å². The molecule has 0 saturated carbocycles. The van der Waals surface area contributed by atoms with Crippen LogP contribution in [0, 0.1) is 5.92 Å². The zero-order chi connectivity index (χ0) is 23.0. The summed E-state index contributed by atoms with van der Waals surface area (Å²) in [6.07, 6.45) is 1.19. The van der Waals surface area contributed by atoms with Gasteiger partial charge in [0.1, 0.15) is 11.9 Å². The van der Waals surface area contributed by atoms with Gasteiger partial charge in [-0.15, -0.1) is 0 Å². The minimum absolute atomic E-state index is 0.103. The number of nitrogens with one attached hydrogen (secondary N) is 1. The Balaban J connectivity index is 1.53. The summed E-state index contributed by atoms with van der Waals surface area (Å²) in [5.41, 5.74) is 1.69. The molecule has 3 aromatic rings. The van der Waals surface area contributed by atoms with E-state index in [1.807, 2.05) is 44.2 Å². The minimum Gasteiger partial charge on any atom is -0.489 e. The molecule has 0 bridgehead atoms. The van der Waals surface area contributed by atoms with Crippen molar-refractivity contribution in [2.24, 2.45) is 5.92 Å². The first kappa shape index (κ1) is 21.9. The molecule has 0 unspecified atom stereocenters. The van der Waals surface area contributed by atoms with Crippen LogP contribution >= 0.6 is 0 Å². The maximum Gasteiger partial charge on any atom is 0.321 e. The Bertz CT molecular complexity index is 1140. The van der Waals surface area contributed by atoms with Crippen molar-refractivity contribution in [3.63, 3.8) is 0 Å². The van der Waals surface area contributed by atoms with Crippen LogP contribution in [0.1, 0.15) is 27.7 Å². The molecule has 1 aromatic heterocycles. The van der Waals surface area contributed by atoms with Crippen molar-refractivity contribution in [3.8, 4) is 22.9 Å². The third kappa shape index (κ3) is 4.32. The van der Waals surface area contributed by atoms with E-state index in [-0.39, 0.29) is 12.7 Å². The molecule has 0 fully saturated rings. The first-order chi connectivity index (χ1) is 15.1. The summed E-state index contributed by atoms with van der Waals surface area (Å²) >= 11 is 0. The summed E-state index contributed by atoms with van der Waals surface area (Å²) in [6.45, 7) is 6.22. The molecule has 4 rings (SSSR count). The van der Waals surface area contributed by atoms with Gasteiger partial charge < -0.3 is 19.5 Å². The molecule has 0 spiro atoms. The second kappa shape index (κ2) is 8.29. The highest BCUT2D eigenvalue weighted by atomic mass is 19.3. The molecule has 1 amide bonds. The quantitative estimate of drug-likeness (QED) is 0.586. The Morgan fingerprint density at radius 3 is 2.62 bits per heavy atom. The van der Waals surface area contributed by atoms with Gasteiger partial charge in [0.2, 0.25) is 6.79 Å².